The maximum Gasteiger partial charge on any atom is 0.264 e. The third-order valence-electron chi connectivity index (χ3n) is 1.33. The molecule has 0 radical (unpaired) electrons. The van der Waals surface area contributed by atoms with Gasteiger partial charge in [0.2, 0.25) is 0 Å². The average Bonchev–Trinajstić information content (AvgIpc) is 2.13. The third kappa shape index (κ3) is 2.46. The van der Waals surface area contributed by atoms with Gasteiger partial charge in [0.05, 0.1) is 12.4 Å². The van der Waals surface area contributed by atoms with E-state index in [1.807, 2.05) is 0 Å². The molecule has 0 amide bonds. The SMILES string of the molecule is CS(=O)(=O)OC1CC1[SiH3]. The molecule has 1 aliphatic carbocycles. The monoisotopic (exact) mass is 166 g/mol. The highest BCUT2D eigenvalue weighted by Crippen LogP contribution is 2.37. The Bertz CT molecular complexity index is 198. The Kier molecular flexibility index (Phi) is 1.66. The summed E-state index contributed by atoms with van der Waals surface area (Å²) in [5, 5.41) is 0. The predicted molar refractivity (Wildman–Crippen MR) is 38.0 cm³/mol. The van der Waals surface area contributed by atoms with Gasteiger partial charge < -0.3 is 0 Å². The van der Waals surface area contributed by atoms with Crippen LogP contribution in [0.3, 0.4) is 0 Å². The van der Waals surface area contributed by atoms with Gasteiger partial charge in [0.1, 0.15) is 0 Å². The molecule has 1 saturated carbocycles. The van der Waals surface area contributed by atoms with Crippen molar-refractivity contribution in [3.63, 3.8) is 0 Å². The lowest BCUT2D eigenvalue weighted by atomic mass is 10.9. The van der Waals surface area contributed by atoms with Crippen molar-refractivity contribution in [2.45, 2.75) is 18.1 Å². The van der Waals surface area contributed by atoms with Crippen LogP contribution >= 0.6 is 0 Å². The van der Waals surface area contributed by atoms with Crippen LogP contribution in [0.15, 0.2) is 0 Å². The molecule has 0 aromatic carbocycles. The van der Waals surface area contributed by atoms with Crippen molar-refractivity contribution in [2.24, 2.45) is 0 Å². The maximum atomic E-state index is 10.4. The van der Waals surface area contributed by atoms with E-state index < -0.39 is 10.1 Å². The summed E-state index contributed by atoms with van der Waals surface area (Å²) in [5.74, 6) is 0. The van der Waals surface area contributed by atoms with E-state index in [0.717, 1.165) is 22.9 Å². The standard InChI is InChI=1S/C4H10O3SSi/c1-8(5,6)7-3-2-4(3)9/h3-4H,2H2,1,9H3. The van der Waals surface area contributed by atoms with Crippen molar-refractivity contribution in [2.75, 3.05) is 6.26 Å². The topological polar surface area (TPSA) is 43.4 Å². The highest BCUT2D eigenvalue weighted by molar-refractivity contribution is 7.86. The Hall–Kier alpha value is 0.127. The first kappa shape index (κ1) is 7.24. The molecule has 9 heavy (non-hydrogen) atoms. The summed E-state index contributed by atoms with van der Waals surface area (Å²) in [6.45, 7) is 0. The van der Waals surface area contributed by atoms with E-state index in [-0.39, 0.29) is 6.10 Å². The minimum Gasteiger partial charge on any atom is -0.267 e. The van der Waals surface area contributed by atoms with Crippen LogP contribution in [0.5, 0.6) is 0 Å². The number of rotatable bonds is 2. The Labute approximate surface area is 57.9 Å². The zero-order valence-electron chi connectivity index (χ0n) is 5.49. The smallest absolute Gasteiger partial charge is 0.264 e. The zero-order chi connectivity index (χ0) is 7.07. The number of hydrogen-bond acceptors (Lipinski definition) is 3. The van der Waals surface area contributed by atoms with Crippen LogP contribution in [-0.2, 0) is 14.3 Å². The minimum atomic E-state index is -3.17. The molecule has 1 aliphatic rings. The Morgan fingerprint density at radius 2 is 2.11 bits per heavy atom. The maximum absolute atomic E-state index is 10.4. The van der Waals surface area contributed by atoms with Crippen LogP contribution in [0.4, 0.5) is 0 Å². The van der Waals surface area contributed by atoms with E-state index in [0.29, 0.717) is 5.54 Å². The second-order valence-electron chi connectivity index (χ2n) is 2.55. The van der Waals surface area contributed by atoms with Crippen molar-refractivity contribution < 1.29 is 12.6 Å². The highest BCUT2D eigenvalue weighted by atomic mass is 32.2. The van der Waals surface area contributed by atoms with Gasteiger partial charge in [-0.25, -0.2) is 0 Å². The van der Waals surface area contributed by atoms with Crippen LogP contribution in [0.2, 0.25) is 5.54 Å². The van der Waals surface area contributed by atoms with Crippen LogP contribution < -0.4 is 0 Å². The molecule has 0 heterocycles. The van der Waals surface area contributed by atoms with E-state index in [2.05, 4.69) is 4.18 Å². The third-order valence-corrected chi connectivity index (χ3v) is 3.15. The molecule has 0 saturated heterocycles. The van der Waals surface area contributed by atoms with Crippen molar-refractivity contribution in [3.8, 4) is 0 Å². The molecule has 0 aliphatic heterocycles. The molecule has 5 heteroatoms. The molecule has 2 unspecified atom stereocenters. The van der Waals surface area contributed by atoms with E-state index in [1.165, 1.54) is 0 Å². The van der Waals surface area contributed by atoms with Crippen molar-refractivity contribution in [1.29, 1.82) is 0 Å². The minimum absolute atomic E-state index is 0.0340. The lowest BCUT2D eigenvalue weighted by Crippen LogP contribution is -2.04. The van der Waals surface area contributed by atoms with Crippen LogP contribution in [0, 0.1) is 0 Å². The van der Waals surface area contributed by atoms with Gasteiger partial charge in [-0.1, -0.05) is 0 Å². The van der Waals surface area contributed by atoms with E-state index in [1.54, 1.807) is 0 Å². The second kappa shape index (κ2) is 2.07. The second-order valence-corrected chi connectivity index (χ2v) is 5.64. The fraction of sp³-hybridized carbons (Fsp3) is 1.00. The van der Waals surface area contributed by atoms with Gasteiger partial charge in [-0.15, -0.1) is 0 Å². The summed E-state index contributed by atoms with van der Waals surface area (Å²) in [4.78, 5) is 0. The van der Waals surface area contributed by atoms with Gasteiger partial charge in [-0.05, 0) is 12.0 Å². The molecule has 3 nitrogen and oxygen atoms in total. The van der Waals surface area contributed by atoms with Crippen LogP contribution in [0.1, 0.15) is 6.42 Å². The fourth-order valence-corrected chi connectivity index (χ4v) is 2.16. The molecule has 0 aromatic heterocycles. The molecule has 0 N–H and O–H groups in total. The molecular weight excluding hydrogens is 156 g/mol. The van der Waals surface area contributed by atoms with Gasteiger partial charge in [0.15, 0.2) is 0 Å². The first-order chi connectivity index (χ1) is 3.99. The summed E-state index contributed by atoms with van der Waals surface area (Å²) in [5.41, 5.74) is 0.569. The van der Waals surface area contributed by atoms with Gasteiger partial charge in [-0.2, -0.15) is 8.42 Å². The normalized spacial score (nSPS) is 34.8. The zero-order valence-corrected chi connectivity index (χ0v) is 8.31. The summed E-state index contributed by atoms with van der Waals surface area (Å²) in [7, 11) is -2.12. The Morgan fingerprint density at radius 3 is 2.22 bits per heavy atom. The molecule has 0 bridgehead atoms. The van der Waals surface area contributed by atoms with E-state index in [4.69, 9.17) is 0 Å². The fourth-order valence-electron chi connectivity index (χ4n) is 0.646. The summed E-state index contributed by atoms with van der Waals surface area (Å²) < 4.78 is 25.5. The van der Waals surface area contributed by atoms with E-state index >= 15 is 0 Å². The van der Waals surface area contributed by atoms with Gasteiger partial charge in [-0.3, -0.25) is 4.18 Å². The molecular formula is C4H10O3SSi. The summed E-state index contributed by atoms with van der Waals surface area (Å²) in [6.07, 6.45) is 2.07. The van der Waals surface area contributed by atoms with E-state index in [9.17, 15) is 8.42 Å². The Balaban J connectivity index is 2.37. The van der Waals surface area contributed by atoms with Crippen molar-refractivity contribution >= 4 is 20.4 Å². The lowest BCUT2D eigenvalue weighted by Gasteiger charge is -1.95. The summed E-state index contributed by atoms with van der Waals surface area (Å²) >= 11 is 0. The highest BCUT2D eigenvalue weighted by Gasteiger charge is 2.36. The molecule has 1 rings (SSSR count). The molecule has 54 valence electrons. The van der Waals surface area contributed by atoms with Gasteiger partial charge >= 0.3 is 0 Å². The quantitative estimate of drug-likeness (QED) is 0.386. The van der Waals surface area contributed by atoms with Crippen molar-refractivity contribution in [1.82, 2.24) is 0 Å². The molecule has 2 atom stereocenters. The lowest BCUT2D eigenvalue weighted by molar-refractivity contribution is 0.309. The summed E-state index contributed by atoms with van der Waals surface area (Å²) in [6, 6.07) is 0. The van der Waals surface area contributed by atoms with Crippen LogP contribution in [0.25, 0.3) is 0 Å². The van der Waals surface area contributed by atoms with Gasteiger partial charge in [0, 0.05) is 10.2 Å². The predicted octanol–water partition coefficient (Wildman–Crippen LogP) is -1.11. The first-order valence-electron chi connectivity index (χ1n) is 2.87. The first-order valence-corrected chi connectivity index (χ1v) is 5.84. The molecule has 0 aromatic rings. The number of hydrogen-bond donors (Lipinski definition) is 0. The largest absolute Gasteiger partial charge is 0.267 e. The molecule has 0 spiro atoms. The molecule has 1 fully saturated rings. The van der Waals surface area contributed by atoms with Crippen LogP contribution in [-0.4, -0.2) is 31.0 Å². The Morgan fingerprint density at radius 1 is 1.67 bits per heavy atom. The van der Waals surface area contributed by atoms with Crippen molar-refractivity contribution in [3.05, 3.63) is 0 Å². The van der Waals surface area contributed by atoms with Gasteiger partial charge in [0.25, 0.3) is 10.1 Å². The average molecular weight is 166 g/mol.